The Bertz CT molecular complexity index is 760. The second-order valence-corrected chi connectivity index (χ2v) is 3.75. The van der Waals surface area contributed by atoms with Gasteiger partial charge in [0.05, 0.1) is 12.8 Å². The van der Waals surface area contributed by atoms with E-state index >= 15 is 0 Å². The van der Waals surface area contributed by atoms with Gasteiger partial charge >= 0.3 is 5.69 Å². The van der Waals surface area contributed by atoms with Crippen LogP contribution >= 0.6 is 0 Å². The van der Waals surface area contributed by atoms with Crippen LogP contribution in [0.15, 0.2) is 41.2 Å². The Morgan fingerprint density at radius 2 is 2.17 bits per heavy atom. The van der Waals surface area contributed by atoms with E-state index in [4.69, 9.17) is 4.74 Å². The molecule has 90 valence electrons. The standard InChI is InChI=1S/C12H10N4O2/c1-18-9-4-2-3-8(7-9)10-5-6-11-13-14-12(17)16(11)15-10/h2-7H,1H3,(H,14,17). The van der Waals surface area contributed by atoms with Crippen LogP contribution in [0, 0.1) is 0 Å². The summed E-state index contributed by atoms with van der Waals surface area (Å²) in [7, 11) is 1.61. The molecule has 0 saturated heterocycles. The molecule has 2 aromatic heterocycles. The van der Waals surface area contributed by atoms with E-state index in [0.29, 0.717) is 11.3 Å². The van der Waals surface area contributed by atoms with Crippen molar-refractivity contribution in [1.82, 2.24) is 19.8 Å². The number of aromatic amines is 1. The molecule has 0 aliphatic heterocycles. The smallest absolute Gasteiger partial charge is 0.364 e. The first kappa shape index (κ1) is 10.5. The van der Waals surface area contributed by atoms with E-state index in [-0.39, 0.29) is 5.69 Å². The van der Waals surface area contributed by atoms with Crippen LogP contribution in [0.3, 0.4) is 0 Å². The van der Waals surface area contributed by atoms with Crippen molar-refractivity contribution in [3.05, 3.63) is 46.9 Å². The highest BCUT2D eigenvalue weighted by molar-refractivity contribution is 5.61. The first-order chi connectivity index (χ1) is 8.78. The Morgan fingerprint density at radius 1 is 1.28 bits per heavy atom. The number of methoxy groups -OCH3 is 1. The second-order valence-electron chi connectivity index (χ2n) is 3.75. The van der Waals surface area contributed by atoms with Gasteiger partial charge in [0.15, 0.2) is 5.65 Å². The van der Waals surface area contributed by atoms with E-state index in [0.717, 1.165) is 11.3 Å². The van der Waals surface area contributed by atoms with Gasteiger partial charge in [0.1, 0.15) is 5.75 Å². The maximum atomic E-state index is 11.4. The Labute approximate surface area is 102 Å². The number of H-pyrrole nitrogens is 1. The number of hydrogen-bond donors (Lipinski definition) is 1. The van der Waals surface area contributed by atoms with Crippen molar-refractivity contribution < 1.29 is 4.74 Å². The van der Waals surface area contributed by atoms with Crippen molar-refractivity contribution in [3.8, 4) is 17.0 Å². The van der Waals surface area contributed by atoms with E-state index in [1.165, 1.54) is 4.52 Å². The Hall–Kier alpha value is -2.63. The summed E-state index contributed by atoms with van der Waals surface area (Å²) in [5.41, 5.74) is 1.70. The van der Waals surface area contributed by atoms with Gasteiger partial charge in [-0.1, -0.05) is 12.1 Å². The third kappa shape index (κ3) is 1.64. The van der Waals surface area contributed by atoms with E-state index in [1.807, 2.05) is 30.3 Å². The lowest BCUT2D eigenvalue weighted by Crippen LogP contribution is -2.12. The summed E-state index contributed by atoms with van der Waals surface area (Å²) in [5, 5.41) is 10.4. The quantitative estimate of drug-likeness (QED) is 0.730. The molecule has 0 aliphatic rings. The zero-order valence-electron chi connectivity index (χ0n) is 9.62. The summed E-state index contributed by atoms with van der Waals surface area (Å²) in [5.74, 6) is 0.744. The van der Waals surface area contributed by atoms with E-state index in [1.54, 1.807) is 13.2 Å². The van der Waals surface area contributed by atoms with Crippen LogP contribution in [0.5, 0.6) is 5.75 Å². The summed E-state index contributed by atoms with van der Waals surface area (Å²) in [6.07, 6.45) is 0. The maximum absolute atomic E-state index is 11.4. The largest absolute Gasteiger partial charge is 0.497 e. The number of aromatic nitrogens is 4. The highest BCUT2D eigenvalue weighted by Gasteiger charge is 2.05. The number of ether oxygens (including phenoxy) is 1. The zero-order chi connectivity index (χ0) is 12.5. The lowest BCUT2D eigenvalue weighted by molar-refractivity contribution is 0.415. The Morgan fingerprint density at radius 3 is 3.00 bits per heavy atom. The van der Waals surface area contributed by atoms with Gasteiger partial charge in [-0.05, 0) is 24.3 Å². The summed E-state index contributed by atoms with van der Waals surface area (Å²) in [6, 6.07) is 11.0. The van der Waals surface area contributed by atoms with Crippen molar-refractivity contribution in [2.75, 3.05) is 7.11 Å². The van der Waals surface area contributed by atoms with Crippen molar-refractivity contribution in [2.45, 2.75) is 0 Å². The number of nitrogens with one attached hydrogen (secondary N) is 1. The van der Waals surface area contributed by atoms with Crippen molar-refractivity contribution in [1.29, 1.82) is 0 Å². The fourth-order valence-corrected chi connectivity index (χ4v) is 1.74. The molecule has 6 heteroatoms. The molecule has 0 unspecified atom stereocenters. The normalized spacial score (nSPS) is 10.7. The van der Waals surface area contributed by atoms with E-state index in [9.17, 15) is 4.79 Å². The minimum atomic E-state index is -0.352. The predicted molar refractivity (Wildman–Crippen MR) is 65.6 cm³/mol. The molecular weight excluding hydrogens is 232 g/mol. The number of fused-ring (bicyclic) bond motifs is 1. The topological polar surface area (TPSA) is 72.3 Å². The molecule has 2 heterocycles. The molecule has 0 fully saturated rings. The fraction of sp³-hybridized carbons (Fsp3) is 0.0833. The van der Waals surface area contributed by atoms with Crippen LogP contribution in [0.2, 0.25) is 0 Å². The van der Waals surface area contributed by atoms with Crippen molar-refractivity contribution in [2.24, 2.45) is 0 Å². The maximum Gasteiger partial charge on any atom is 0.364 e. The fourth-order valence-electron chi connectivity index (χ4n) is 1.74. The van der Waals surface area contributed by atoms with Crippen LogP contribution in [0.25, 0.3) is 16.9 Å². The molecule has 3 rings (SSSR count). The first-order valence-electron chi connectivity index (χ1n) is 5.37. The molecule has 0 atom stereocenters. The third-order valence-electron chi connectivity index (χ3n) is 2.64. The monoisotopic (exact) mass is 242 g/mol. The predicted octanol–water partition coefficient (Wildman–Crippen LogP) is 1.09. The highest BCUT2D eigenvalue weighted by Crippen LogP contribution is 2.21. The molecule has 18 heavy (non-hydrogen) atoms. The van der Waals surface area contributed by atoms with E-state index < -0.39 is 0 Å². The molecule has 0 bridgehead atoms. The number of nitrogens with zero attached hydrogens (tertiary/aromatic N) is 3. The van der Waals surface area contributed by atoms with Gasteiger partial charge in [0.2, 0.25) is 0 Å². The lowest BCUT2D eigenvalue weighted by Gasteiger charge is -2.03. The van der Waals surface area contributed by atoms with Crippen LogP contribution in [-0.4, -0.2) is 26.9 Å². The number of hydrogen-bond acceptors (Lipinski definition) is 4. The number of rotatable bonds is 2. The van der Waals surface area contributed by atoms with Crippen molar-refractivity contribution >= 4 is 5.65 Å². The number of benzene rings is 1. The molecule has 0 saturated carbocycles. The SMILES string of the molecule is COc1cccc(-c2ccc3n[nH]c(=O)n3n2)c1. The molecule has 0 spiro atoms. The molecular formula is C12H10N4O2. The average molecular weight is 242 g/mol. The molecule has 0 radical (unpaired) electrons. The molecule has 6 nitrogen and oxygen atoms in total. The van der Waals surface area contributed by atoms with Gasteiger partial charge < -0.3 is 4.74 Å². The molecule has 1 aromatic carbocycles. The molecule has 1 N–H and O–H groups in total. The summed E-state index contributed by atoms with van der Waals surface area (Å²) >= 11 is 0. The van der Waals surface area contributed by atoms with Crippen LogP contribution < -0.4 is 10.4 Å². The minimum Gasteiger partial charge on any atom is -0.497 e. The van der Waals surface area contributed by atoms with Gasteiger partial charge in [-0.2, -0.15) is 14.7 Å². The molecule has 0 aliphatic carbocycles. The lowest BCUT2D eigenvalue weighted by atomic mass is 10.1. The minimum absolute atomic E-state index is 0.352. The Balaban J connectivity index is 2.18. The van der Waals surface area contributed by atoms with Crippen LogP contribution in [0.1, 0.15) is 0 Å². The average Bonchev–Trinajstić information content (AvgIpc) is 2.80. The second kappa shape index (κ2) is 3.99. The summed E-state index contributed by atoms with van der Waals surface area (Å²) in [6.45, 7) is 0. The summed E-state index contributed by atoms with van der Waals surface area (Å²) < 4.78 is 6.39. The van der Waals surface area contributed by atoms with Gasteiger partial charge in [-0.25, -0.2) is 9.89 Å². The zero-order valence-corrected chi connectivity index (χ0v) is 9.62. The van der Waals surface area contributed by atoms with Gasteiger partial charge in [-0.3, -0.25) is 0 Å². The summed E-state index contributed by atoms with van der Waals surface area (Å²) in [4.78, 5) is 11.4. The first-order valence-corrected chi connectivity index (χ1v) is 5.37. The van der Waals surface area contributed by atoms with Gasteiger partial charge in [-0.15, -0.1) is 0 Å². The van der Waals surface area contributed by atoms with Crippen LogP contribution in [0.4, 0.5) is 0 Å². The highest BCUT2D eigenvalue weighted by atomic mass is 16.5. The third-order valence-corrected chi connectivity index (χ3v) is 2.64. The van der Waals surface area contributed by atoms with Crippen LogP contribution in [-0.2, 0) is 0 Å². The van der Waals surface area contributed by atoms with Crippen molar-refractivity contribution in [3.63, 3.8) is 0 Å². The Kier molecular flexibility index (Phi) is 2.33. The van der Waals surface area contributed by atoms with E-state index in [2.05, 4.69) is 15.3 Å². The van der Waals surface area contributed by atoms with Gasteiger partial charge in [0.25, 0.3) is 0 Å². The molecule has 0 amide bonds. The molecule has 3 aromatic rings. The van der Waals surface area contributed by atoms with Gasteiger partial charge in [0, 0.05) is 5.56 Å².